The lowest BCUT2D eigenvalue weighted by Gasteiger charge is -2.32. The molecule has 0 atom stereocenters. The predicted octanol–water partition coefficient (Wildman–Crippen LogP) is 7.87. The molecule has 2 amide bonds. The Morgan fingerprint density at radius 2 is 1.84 bits per heavy atom. The average molecular weight is 641 g/mol. The Morgan fingerprint density at radius 3 is 2.53 bits per heavy atom. The van der Waals surface area contributed by atoms with Crippen LogP contribution in [0, 0.1) is 5.92 Å². The second-order valence-electron chi connectivity index (χ2n) is 11.5. The highest BCUT2D eigenvalue weighted by Gasteiger charge is 2.31. The maximum absolute atomic E-state index is 13.7. The SMILES string of the molecule is CC(=O)Nc1nc2c(Oc3cc(-c4ccc(C(F)(F)F)cc4N=CC4CCN(C(=O)OC(C)(C)C)CC4)ncn3)cccc2s1. The average Bonchev–Trinajstić information content (AvgIpc) is 3.38. The van der Waals surface area contributed by atoms with Crippen molar-refractivity contribution in [3.05, 3.63) is 54.4 Å². The maximum Gasteiger partial charge on any atom is 0.416 e. The Kier molecular flexibility index (Phi) is 9.05. The van der Waals surface area contributed by atoms with Crippen LogP contribution < -0.4 is 10.1 Å². The molecule has 2 aromatic heterocycles. The summed E-state index contributed by atoms with van der Waals surface area (Å²) in [6, 6.07) is 10.1. The van der Waals surface area contributed by atoms with Gasteiger partial charge in [0.15, 0.2) is 10.9 Å². The van der Waals surface area contributed by atoms with Crippen LogP contribution in [0.1, 0.15) is 46.1 Å². The van der Waals surface area contributed by atoms with Gasteiger partial charge in [-0.05, 0) is 63.8 Å². The number of fused-ring (bicyclic) bond motifs is 1. The number of hydrogen-bond donors (Lipinski definition) is 1. The molecule has 1 N–H and O–H groups in total. The van der Waals surface area contributed by atoms with Gasteiger partial charge in [0.05, 0.1) is 21.6 Å². The first-order chi connectivity index (χ1) is 21.2. The molecule has 236 valence electrons. The van der Waals surface area contributed by atoms with E-state index in [9.17, 15) is 22.8 Å². The van der Waals surface area contributed by atoms with Crippen LogP contribution in [0.5, 0.6) is 11.6 Å². The van der Waals surface area contributed by atoms with Crippen molar-refractivity contribution < 1.29 is 32.2 Å². The molecule has 0 bridgehead atoms. The largest absolute Gasteiger partial charge is 0.444 e. The number of halogens is 3. The number of anilines is 1. The second kappa shape index (κ2) is 12.8. The number of rotatable bonds is 6. The van der Waals surface area contributed by atoms with Crippen LogP contribution in [0.2, 0.25) is 0 Å². The molecule has 1 fully saturated rings. The Labute approximate surface area is 261 Å². The molecular formula is C31H31F3N6O4S. The number of alkyl halides is 3. The van der Waals surface area contributed by atoms with E-state index in [0.29, 0.717) is 53.6 Å². The van der Waals surface area contributed by atoms with Crippen LogP contribution >= 0.6 is 11.3 Å². The number of aromatic nitrogens is 3. The van der Waals surface area contributed by atoms with Gasteiger partial charge < -0.3 is 19.7 Å². The van der Waals surface area contributed by atoms with E-state index in [-0.39, 0.29) is 29.5 Å². The van der Waals surface area contributed by atoms with Crippen molar-refractivity contribution in [1.82, 2.24) is 19.9 Å². The topological polar surface area (TPSA) is 119 Å². The Morgan fingerprint density at radius 1 is 1.09 bits per heavy atom. The van der Waals surface area contributed by atoms with Gasteiger partial charge in [-0.15, -0.1) is 0 Å². The number of amides is 2. The monoisotopic (exact) mass is 640 g/mol. The minimum absolute atomic E-state index is 0.0450. The Balaban J connectivity index is 1.38. The van der Waals surface area contributed by atoms with Gasteiger partial charge >= 0.3 is 12.3 Å². The standard InChI is InChI=1S/C31H31F3N6O4S/c1-18(41)38-28-39-27-24(6-5-7-25(27)45-28)43-26-15-23(36-17-37-26)21-9-8-20(31(32,33)34)14-22(21)35-16-19-10-12-40(13-11-19)29(42)44-30(2,3)4/h5-9,14-17,19H,10-13H2,1-4H3,(H,38,39,41). The van der Waals surface area contributed by atoms with Crippen LogP contribution in [-0.4, -0.2) is 56.8 Å². The number of ether oxygens (including phenoxy) is 2. The summed E-state index contributed by atoms with van der Waals surface area (Å²) in [7, 11) is 0. The summed E-state index contributed by atoms with van der Waals surface area (Å²) >= 11 is 1.29. The van der Waals surface area contributed by atoms with Gasteiger partial charge in [-0.25, -0.2) is 19.7 Å². The van der Waals surface area contributed by atoms with E-state index in [0.717, 1.165) is 16.8 Å². The van der Waals surface area contributed by atoms with E-state index in [1.807, 2.05) is 6.07 Å². The lowest BCUT2D eigenvalue weighted by atomic mass is 9.98. The predicted molar refractivity (Wildman–Crippen MR) is 165 cm³/mol. The highest BCUT2D eigenvalue weighted by molar-refractivity contribution is 7.22. The van der Waals surface area contributed by atoms with Gasteiger partial charge in [-0.1, -0.05) is 23.5 Å². The molecule has 0 unspecified atom stereocenters. The second-order valence-corrected chi connectivity index (χ2v) is 12.5. The summed E-state index contributed by atoms with van der Waals surface area (Å²) in [6.45, 7) is 7.69. The highest BCUT2D eigenvalue weighted by Crippen LogP contribution is 2.39. The lowest BCUT2D eigenvalue weighted by Crippen LogP contribution is -2.41. The molecule has 4 aromatic rings. The third-order valence-electron chi connectivity index (χ3n) is 6.74. The summed E-state index contributed by atoms with van der Waals surface area (Å²) in [6.07, 6.45) is -0.878. The zero-order chi connectivity index (χ0) is 32.4. The molecule has 2 aromatic carbocycles. The van der Waals surface area contributed by atoms with Crippen molar-refractivity contribution in [3.63, 3.8) is 0 Å². The first-order valence-corrected chi connectivity index (χ1v) is 15.0. The number of likely N-dealkylation sites (tertiary alicyclic amines) is 1. The van der Waals surface area contributed by atoms with Crippen molar-refractivity contribution in [2.45, 2.75) is 52.3 Å². The van der Waals surface area contributed by atoms with Gasteiger partial charge in [-0.2, -0.15) is 13.2 Å². The molecule has 45 heavy (non-hydrogen) atoms. The quantitative estimate of drug-likeness (QED) is 0.213. The molecule has 1 aliphatic heterocycles. The molecule has 14 heteroatoms. The molecule has 3 heterocycles. The number of para-hydroxylation sites is 1. The van der Waals surface area contributed by atoms with Crippen molar-refractivity contribution in [1.29, 1.82) is 0 Å². The van der Waals surface area contributed by atoms with Gasteiger partial charge in [-0.3, -0.25) is 9.79 Å². The number of aliphatic imine (C=N–C) groups is 1. The summed E-state index contributed by atoms with van der Waals surface area (Å²) in [5, 5.41) is 3.08. The number of carbonyl (C=O) groups excluding carboxylic acids is 2. The highest BCUT2D eigenvalue weighted by atomic mass is 32.1. The normalized spacial score (nSPS) is 14.6. The van der Waals surface area contributed by atoms with Crippen molar-refractivity contribution >= 4 is 50.6 Å². The number of thiazole rings is 1. The van der Waals surface area contributed by atoms with Crippen molar-refractivity contribution in [3.8, 4) is 22.9 Å². The maximum atomic E-state index is 13.7. The number of nitrogens with one attached hydrogen (secondary N) is 1. The molecule has 10 nitrogen and oxygen atoms in total. The fourth-order valence-corrected chi connectivity index (χ4v) is 5.57. The Hall–Kier alpha value is -4.59. The first kappa shape index (κ1) is 31.8. The van der Waals surface area contributed by atoms with Gasteiger partial charge in [0.2, 0.25) is 11.8 Å². The molecule has 0 radical (unpaired) electrons. The molecular weight excluding hydrogens is 609 g/mol. The van der Waals surface area contributed by atoms with E-state index < -0.39 is 17.3 Å². The summed E-state index contributed by atoms with van der Waals surface area (Å²) in [5.74, 6) is 0.230. The zero-order valence-electron chi connectivity index (χ0n) is 25.0. The molecule has 0 aliphatic carbocycles. The van der Waals surface area contributed by atoms with Crippen LogP contribution in [0.3, 0.4) is 0 Å². The minimum Gasteiger partial charge on any atom is -0.444 e. The molecule has 0 saturated carbocycles. The molecule has 1 aliphatic rings. The fourth-order valence-electron chi connectivity index (χ4n) is 4.64. The number of nitrogens with zero attached hydrogens (tertiary/aromatic N) is 5. The van der Waals surface area contributed by atoms with Gasteiger partial charge in [0, 0.05) is 37.9 Å². The fraction of sp³-hybridized carbons (Fsp3) is 0.355. The van der Waals surface area contributed by atoms with Crippen LogP contribution in [-0.2, 0) is 15.7 Å². The number of benzene rings is 2. The molecule has 0 spiro atoms. The minimum atomic E-state index is -4.57. The van der Waals surface area contributed by atoms with Crippen molar-refractivity contribution in [2.24, 2.45) is 10.9 Å². The Bertz CT molecular complexity index is 1740. The summed E-state index contributed by atoms with van der Waals surface area (Å²) in [5.41, 5.74) is -0.169. The van der Waals surface area contributed by atoms with E-state index in [4.69, 9.17) is 9.47 Å². The van der Waals surface area contributed by atoms with Gasteiger partial charge in [0.25, 0.3) is 0 Å². The number of carbonyl (C=O) groups is 2. The molecule has 5 rings (SSSR count). The van der Waals surface area contributed by atoms with Crippen LogP contribution in [0.4, 0.5) is 28.8 Å². The van der Waals surface area contributed by atoms with E-state index in [2.05, 4.69) is 25.3 Å². The third kappa shape index (κ3) is 8.12. The van der Waals surface area contributed by atoms with E-state index in [1.54, 1.807) is 44.0 Å². The summed E-state index contributed by atoms with van der Waals surface area (Å²) in [4.78, 5) is 42.9. The number of hydrogen-bond acceptors (Lipinski definition) is 9. The van der Waals surface area contributed by atoms with Crippen molar-refractivity contribution in [2.75, 3.05) is 18.4 Å². The van der Waals surface area contributed by atoms with E-state index in [1.165, 1.54) is 36.7 Å². The molecule has 1 saturated heterocycles. The van der Waals surface area contributed by atoms with Crippen LogP contribution in [0.25, 0.3) is 21.5 Å². The number of piperidine rings is 1. The zero-order valence-corrected chi connectivity index (χ0v) is 25.8. The third-order valence-corrected chi connectivity index (χ3v) is 7.67. The van der Waals surface area contributed by atoms with Gasteiger partial charge in [0.1, 0.15) is 17.4 Å². The lowest BCUT2D eigenvalue weighted by molar-refractivity contribution is -0.137. The van der Waals surface area contributed by atoms with E-state index >= 15 is 0 Å². The first-order valence-electron chi connectivity index (χ1n) is 14.2. The smallest absolute Gasteiger partial charge is 0.416 e. The van der Waals surface area contributed by atoms with Crippen LogP contribution in [0.15, 0.2) is 53.8 Å². The summed E-state index contributed by atoms with van der Waals surface area (Å²) < 4.78 is 53.2.